The smallest absolute Gasteiger partial charge is 0.335 e. The summed E-state index contributed by atoms with van der Waals surface area (Å²) in [7, 11) is 0. The van der Waals surface area contributed by atoms with E-state index in [0.717, 1.165) is 5.57 Å². The van der Waals surface area contributed by atoms with Crippen molar-refractivity contribution in [1.29, 1.82) is 0 Å². The lowest BCUT2D eigenvalue weighted by atomic mass is 9.32. The molecule has 3 unspecified atom stereocenters. The van der Waals surface area contributed by atoms with Gasteiger partial charge in [-0.25, -0.2) is 14.4 Å². The first kappa shape index (κ1) is 70.1. The molecule has 30 atom stereocenters. The third-order valence-electron chi connectivity index (χ3n) is 23.0. The molecule has 0 spiro atoms. The van der Waals surface area contributed by atoms with Gasteiger partial charge in [0.1, 0.15) is 85.5 Å². The normalized spacial score (nSPS) is 49.8. The van der Waals surface area contributed by atoms with Crippen molar-refractivity contribution < 1.29 is 133 Å². The van der Waals surface area contributed by atoms with Crippen LogP contribution in [0.4, 0.5) is 0 Å². The van der Waals surface area contributed by atoms with Gasteiger partial charge in [0.15, 0.2) is 37.4 Å². The van der Waals surface area contributed by atoms with Gasteiger partial charge in [-0.2, -0.15) is 0 Å². The van der Waals surface area contributed by atoms with Crippen molar-refractivity contribution in [3.63, 3.8) is 0 Å². The van der Waals surface area contributed by atoms with Crippen LogP contribution in [0.25, 0.3) is 0 Å². The van der Waals surface area contributed by atoms with E-state index in [9.17, 15) is 85.9 Å². The first-order valence-corrected chi connectivity index (χ1v) is 31.1. The quantitative estimate of drug-likeness (QED) is 0.0393. The summed E-state index contributed by atoms with van der Waals surface area (Å²) in [6, 6.07) is 0. The van der Waals surface area contributed by atoms with E-state index in [-0.39, 0.29) is 30.3 Å². The minimum atomic E-state index is -2.24. The zero-order chi connectivity index (χ0) is 65.7. The van der Waals surface area contributed by atoms with Crippen LogP contribution in [0.2, 0.25) is 0 Å². The molecule has 506 valence electrons. The van der Waals surface area contributed by atoms with Gasteiger partial charge in [-0.05, 0) is 100 Å². The number of carboxylic acid groups (broad SMARTS) is 1. The van der Waals surface area contributed by atoms with E-state index in [1.165, 1.54) is 0 Å². The fourth-order valence-electron chi connectivity index (χ4n) is 17.3. The average molecular weight is 1270 g/mol. The molecule has 0 aromatic rings. The molecule has 0 aromatic heterocycles. The molecular weight excluding hydrogens is 1180 g/mol. The van der Waals surface area contributed by atoms with Crippen molar-refractivity contribution >= 4 is 17.9 Å². The van der Waals surface area contributed by atoms with Gasteiger partial charge < -0.3 is 119 Å². The van der Waals surface area contributed by atoms with Crippen LogP contribution in [0.1, 0.15) is 115 Å². The number of hydrogen-bond donors (Lipinski definition) is 14. The van der Waals surface area contributed by atoms with Gasteiger partial charge in [0.2, 0.25) is 0 Å². The molecule has 4 saturated heterocycles. The third-order valence-corrected chi connectivity index (χ3v) is 23.0. The summed E-state index contributed by atoms with van der Waals surface area (Å²) in [4.78, 5) is 40.7. The Morgan fingerprint density at radius 2 is 1.18 bits per heavy atom. The molecular formula is C62H96O27. The first-order chi connectivity index (χ1) is 41.6. The fraction of sp³-hybridized carbons (Fsp3) is 0.855. The van der Waals surface area contributed by atoms with Gasteiger partial charge in [-0.1, -0.05) is 72.3 Å². The van der Waals surface area contributed by atoms with Gasteiger partial charge in [-0.3, -0.25) is 0 Å². The number of rotatable bonds is 15. The molecule has 27 heteroatoms. The number of allylic oxidation sites excluding steroid dienone is 3. The number of esters is 2. The van der Waals surface area contributed by atoms with E-state index < -0.39 is 224 Å². The van der Waals surface area contributed by atoms with Crippen LogP contribution in [-0.4, -0.2) is 257 Å². The average Bonchev–Trinajstić information content (AvgIpc) is 0.677. The predicted molar refractivity (Wildman–Crippen MR) is 303 cm³/mol. The van der Waals surface area contributed by atoms with E-state index in [2.05, 4.69) is 19.9 Å². The third kappa shape index (κ3) is 11.5. The molecule has 0 aromatic carbocycles. The maximum absolute atomic E-state index is 13.9. The fourth-order valence-corrected chi connectivity index (χ4v) is 17.3. The Balaban J connectivity index is 1.05. The number of ether oxygens (including phenoxy) is 10. The van der Waals surface area contributed by atoms with Gasteiger partial charge in [-0.15, -0.1) is 0 Å². The number of carboxylic acids is 1. The number of carbonyl (C=O) groups is 3. The summed E-state index contributed by atoms with van der Waals surface area (Å²) >= 11 is 0. The molecule has 0 amide bonds. The van der Waals surface area contributed by atoms with Crippen LogP contribution in [0.3, 0.4) is 0 Å². The highest BCUT2D eigenvalue weighted by Crippen LogP contribution is 2.76. The second-order valence-corrected chi connectivity index (χ2v) is 28.4. The molecule has 4 saturated carbocycles. The number of aliphatic carboxylic acids is 1. The van der Waals surface area contributed by atoms with E-state index in [0.29, 0.717) is 31.3 Å². The van der Waals surface area contributed by atoms with E-state index in [4.69, 9.17) is 47.4 Å². The van der Waals surface area contributed by atoms with Crippen molar-refractivity contribution in [3.8, 4) is 0 Å². The van der Waals surface area contributed by atoms with Gasteiger partial charge in [0.25, 0.3) is 0 Å². The summed E-state index contributed by atoms with van der Waals surface area (Å²) in [5.74, 6) is -4.23. The van der Waals surface area contributed by atoms with Crippen LogP contribution in [0, 0.1) is 50.2 Å². The minimum absolute atomic E-state index is 0.197. The number of aliphatic hydroxyl groups excluding tert-OH is 13. The molecule has 5 aliphatic carbocycles. The first-order valence-electron chi connectivity index (χ1n) is 31.1. The van der Waals surface area contributed by atoms with Crippen molar-refractivity contribution in [2.75, 3.05) is 26.4 Å². The molecule has 14 N–H and O–H groups in total. The molecule has 9 rings (SSSR count). The second kappa shape index (κ2) is 25.8. The zero-order valence-electron chi connectivity index (χ0n) is 52.4. The SMILES string of the molecule is C/C=C(\C)C(=O)O[C@H]1[C@H](OC(=O)/C(C)=C/C)[C@@]2(CO)C(CC1(C)C)C1=CCC3[C@@]4(C)CC[C@H](O[C@@H]5O[C@H](C(=O)O)[C@@H](O)[C@H](O[C@@H]6OC[C@H](O)[C@H](O)[C@H]6O[C@@H]6OC[C@@H](O)[C@H](O)[C@H]6O)[C@H]5O[C@@H]5O[C@H](CO)[C@@H](O)[C@H](O)[C@H]5O)C(C)(C)C4CC[C@@]3(C)[C@]1(C)[C@@H](O)[C@H]2O. The summed E-state index contributed by atoms with van der Waals surface area (Å²) in [5.41, 5.74) is -4.71. The molecule has 27 nitrogen and oxygen atoms in total. The number of fused-ring (bicyclic) bond motifs is 7. The summed E-state index contributed by atoms with van der Waals surface area (Å²) < 4.78 is 61.2. The number of carbonyl (C=O) groups excluding carboxylic acids is 2. The lowest BCUT2D eigenvalue weighted by Gasteiger charge is -2.73. The Morgan fingerprint density at radius 3 is 1.78 bits per heavy atom. The Morgan fingerprint density at radius 1 is 0.607 bits per heavy atom. The second-order valence-electron chi connectivity index (χ2n) is 28.4. The number of hydrogen-bond acceptors (Lipinski definition) is 26. The van der Waals surface area contributed by atoms with Crippen LogP contribution in [0.5, 0.6) is 0 Å². The predicted octanol–water partition coefficient (Wildman–Crippen LogP) is -1.27. The standard InChI is InChI=1S/C62H96O27/c1-12-25(3)51(78)88-48-49(89-52(79)26(4)13-2)62(24-64)28(20-57(48,5)6)27-14-15-33-59(9)18-17-34(58(7,8)32(59)16-19-60(33,10)61(27,11)46(74)47(62)75)83-56-45(87-54-40(72)38(70)37(69)31(21-63)82-54)42(41(73)43(85-56)50(76)77)84-55-44(36(68)30(66)23-81-55)86-53-39(71)35(67)29(65)22-80-53/h12-14,28-49,53-56,63-75H,15-24H2,1-11H3,(H,76,77)/b25-12+,26-13+/t28?,29-,30+,31-,32?,33?,34+,35+,36+,37-,38+,39-,40-,41+,42+,43+,44-,45-,46+,47-,48+,49+,53+,54+,55+,56-,59+,60-,61+,62+/m1/s1. The lowest BCUT2D eigenvalue weighted by Crippen LogP contribution is -2.76. The highest BCUT2D eigenvalue weighted by atomic mass is 16.8. The monoisotopic (exact) mass is 1270 g/mol. The lowest BCUT2D eigenvalue weighted by molar-refractivity contribution is -0.399. The van der Waals surface area contributed by atoms with Gasteiger partial charge in [0, 0.05) is 22.0 Å². The van der Waals surface area contributed by atoms with Crippen molar-refractivity contribution in [3.05, 3.63) is 34.9 Å². The van der Waals surface area contributed by atoms with Gasteiger partial charge in [0.05, 0.1) is 50.2 Å². The highest BCUT2D eigenvalue weighted by Gasteiger charge is 2.76. The van der Waals surface area contributed by atoms with Crippen LogP contribution in [0.15, 0.2) is 34.9 Å². The van der Waals surface area contributed by atoms with Crippen molar-refractivity contribution in [1.82, 2.24) is 0 Å². The van der Waals surface area contributed by atoms with E-state index in [1.807, 2.05) is 34.6 Å². The Bertz CT molecular complexity index is 2660. The van der Waals surface area contributed by atoms with E-state index >= 15 is 0 Å². The summed E-state index contributed by atoms with van der Waals surface area (Å²) in [5, 5.41) is 157. The maximum Gasteiger partial charge on any atom is 0.335 e. The zero-order valence-corrected chi connectivity index (χ0v) is 52.4. The van der Waals surface area contributed by atoms with Crippen molar-refractivity contribution in [2.45, 2.75) is 256 Å². The highest BCUT2D eigenvalue weighted by molar-refractivity contribution is 5.89. The topological polar surface area (TPSA) is 427 Å². The minimum Gasteiger partial charge on any atom is -0.479 e. The molecule has 9 aliphatic rings. The summed E-state index contributed by atoms with van der Waals surface area (Å²) in [6.45, 7) is 17.7. The summed E-state index contributed by atoms with van der Waals surface area (Å²) in [6.07, 6.45) is -33.0. The maximum atomic E-state index is 13.9. The van der Waals surface area contributed by atoms with E-state index in [1.54, 1.807) is 39.8 Å². The largest absolute Gasteiger partial charge is 0.479 e. The Labute approximate surface area is 517 Å². The molecule has 89 heavy (non-hydrogen) atoms. The molecule has 4 heterocycles. The molecule has 0 bridgehead atoms. The van der Waals surface area contributed by atoms with Crippen LogP contribution in [-0.2, 0) is 61.8 Å². The van der Waals surface area contributed by atoms with Gasteiger partial charge >= 0.3 is 17.9 Å². The molecule has 4 aliphatic heterocycles. The number of aliphatic hydroxyl groups is 13. The Kier molecular flexibility index (Phi) is 20.4. The van der Waals surface area contributed by atoms with Crippen LogP contribution < -0.4 is 0 Å². The molecule has 0 radical (unpaired) electrons. The Hall–Kier alpha value is -3.21. The van der Waals surface area contributed by atoms with Crippen LogP contribution >= 0.6 is 0 Å². The van der Waals surface area contributed by atoms with Crippen molar-refractivity contribution in [2.24, 2.45) is 50.2 Å². The molecule has 8 fully saturated rings.